The standard InChI is InChI=1S/C20H23N5O/c1-13(2)8-19-21-9-15-10-24(11-17(15)23-19)20(26)14(3)25-12-22-16-6-4-5-7-18(16)25/h4-7,9,12-14H,8,10-11H2,1-3H3/t14-/m1/s1. The molecule has 6 nitrogen and oxygen atoms in total. The lowest BCUT2D eigenvalue weighted by atomic mass is 10.1. The molecule has 0 saturated carbocycles. The van der Waals surface area contributed by atoms with Crippen LogP contribution in [0.4, 0.5) is 0 Å². The molecule has 1 aliphatic heterocycles. The number of fused-ring (bicyclic) bond motifs is 2. The molecule has 0 saturated heterocycles. The van der Waals surface area contributed by atoms with Crippen molar-refractivity contribution in [2.24, 2.45) is 5.92 Å². The third-order valence-electron chi connectivity index (χ3n) is 4.86. The minimum absolute atomic E-state index is 0.0802. The minimum Gasteiger partial charge on any atom is -0.331 e. The first-order valence-corrected chi connectivity index (χ1v) is 9.07. The largest absolute Gasteiger partial charge is 0.331 e. The number of carbonyl (C=O) groups is 1. The number of amides is 1. The molecule has 0 radical (unpaired) electrons. The first-order chi connectivity index (χ1) is 12.5. The lowest BCUT2D eigenvalue weighted by molar-refractivity contribution is -0.134. The molecule has 0 unspecified atom stereocenters. The number of carbonyl (C=O) groups excluding carboxylic acids is 1. The van der Waals surface area contributed by atoms with E-state index in [4.69, 9.17) is 0 Å². The van der Waals surface area contributed by atoms with Gasteiger partial charge in [0, 0.05) is 24.7 Å². The summed E-state index contributed by atoms with van der Waals surface area (Å²) in [6.45, 7) is 7.37. The van der Waals surface area contributed by atoms with Crippen LogP contribution in [0.2, 0.25) is 0 Å². The SMILES string of the molecule is CC(C)Cc1ncc2c(n1)CN(C(=O)[C@@H](C)n1cnc3ccccc31)C2. The second kappa shape index (κ2) is 6.52. The average molecular weight is 349 g/mol. The first-order valence-electron chi connectivity index (χ1n) is 9.07. The van der Waals surface area contributed by atoms with Gasteiger partial charge in [-0.2, -0.15) is 0 Å². The van der Waals surface area contributed by atoms with Crippen molar-refractivity contribution in [3.8, 4) is 0 Å². The van der Waals surface area contributed by atoms with E-state index in [0.717, 1.165) is 34.5 Å². The molecule has 3 aromatic rings. The fourth-order valence-corrected chi connectivity index (χ4v) is 3.48. The number of benzene rings is 1. The van der Waals surface area contributed by atoms with Gasteiger partial charge < -0.3 is 9.47 Å². The summed E-state index contributed by atoms with van der Waals surface area (Å²) in [5.41, 5.74) is 3.91. The number of rotatable bonds is 4. The van der Waals surface area contributed by atoms with Crippen LogP contribution in [0.5, 0.6) is 0 Å². The van der Waals surface area contributed by atoms with Crippen LogP contribution < -0.4 is 0 Å². The summed E-state index contributed by atoms with van der Waals surface area (Å²) in [5.74, 6) is 1.46. The molecule has 4 rings (SSSR count). The molecular formula is C20H23N5O. The van der Waals surface area contributed by atoms with Gasteiger partial charge >= 0.3 is 0 Å². The lowest BCUT2D eigenvalue weighted by Gasteiger charge is -2.21. The molecule has 2 aromatic heterocycles. The van der Waals surface area contributed by atoms with E-state index in [9.17, 15) is 4.79 Å². The highest BCUT2D eigenvalue weighted by Crippen LogP contribution is 2.25. The summed E-state index contributed by atoms with van der Waals surface area (Å²) >= 11 is 0. The van der Waals surface area contributed by atoms with Gasteiger partial charge in [-0.15, -0.1) is 0 Å². The zero-order valence-corrected chi connectivity index (χ0v) is 15.4. The number of hydrogen-bond acceptors (Lipinski definition) is 4. The van der Waals surface area contributed by atoms with Crippen LogP contribution in [0, 0.1) is 5.92 Å². The van der Waals surface area contributed by atoms with Crippen LogP contribution >= 0.6 is 0 Å². The summed E-state index contributed by atoms with van der Waals surface area (Å²) in [7, 11) is 0. The number of aromatic nitrogens is 4. The third kappa shape index (κ3) is 2.96. The van der Waals surface area contributed by atoms with Crippen LogP contribution in [0.25, 0.3) is 11.0 Å². The molecule has 6 heteroatoms. The molecule has 0 fully saturated rings. The van der Waals surface area contributed by atoms with Gasteiger partial charge in [-0.05, 0) is 25.0 Å². The van der Waals surface area contributed by atoms with Crippen molar-refractivity contribution in [1.82, 2.24) is 24.4 Å². The Hall–Kier alpha value is -2.76. The molecule has 1 amide bonds. The van der Waals surface area contributed by atoms with Gasteiger partial charge in [-0.3, -0.25) is 4.79 Å². The Morgan fingerprint density at radius 1 is 1.15 bits per heavy atom. The first kappa shape index (κ1) is 16.7. The minimum atomic E-state index is -0.306. The van der Waals surface area contributed by atoms with Crippen LogP contribution in [-0.4, -0.2) is 30.3 Å². The molecule has 1 atom stereocenters. The summed E-state index contributed by atoms with van der Waals surface area (Å²) in [5, 5.41) is 0. The second-order valence-corrected chi connectivity index (χ2v) is 7.37. The second-order valence-electron chi connectivity index (χ2n) is 7.37. The van der Waals surface area contributed by atoms with Crippen LogP contribution in [0.3, 0.4) is 0 Å². The Morgan fingerprint density at radius 2 is 1.96 bits per heavy atom. The maximum atomic E-state index is 13.0. The molecule has 134 valence electrons. The zero-order valence-electron chi connectivity index (χ0n) is 15.4. The molecule has 0 bridgehead atoms. The topological polar surface area (TPSA) is 63.9 Å². The van der Waals surface area contributed by atoms with Gasteiger partial charge in [-0.25, -0.2) is 15.0 Å². The van der Waals surface area contributed by atoms with E-state index < -0.39 is 0 Å². The van der Waals surface area contributed by atoms with Gasteiger partial charge in [0.1, 0.15) is 11.9 Å². The van der Waals surface area contributed by atoms with Gasteiger partial charge in [-0.1, -0.05) is 26.0 Å². The van der Waals surface area contributed by atoms with E-state index in [2.05, 4.69) is 28.8 Å². The van der Waals surface area contributed by atoms with Crippen molar-refractivity contribution in [1.29, 1.82) is 0 Å². The van der Waals surface area contributed by atoms with Gasteiger partial charge in [0.25, 0.3) is 0 Å². The Kier molecular flexibility index (Phi) is 4.18. The molecule has 1 aliphatic rings. The van der Waals surface area contributed by atoms with E-state index in [1.54, 1.807) is 6.33 Å². The maximum Gasteiger partial charge on any atom is 0.246 e. The zero-order chi connectivity index (χ0) is 18.3. The van der Waals surface area contributed by atoms with Crippen molar-refractivity contribution >= 4 is 16.9 Å². The number of nitrogens with zero attached hydrogens (tertiary/aromatic N) is 5. The highest BCUT2D eigenvalue weighted by molar-refractivity contribution is 5.84. The molecule has 1 aromatic carbocycles. The number of para-hydroxylation sites is 2. The summed E-state index contributed by atoms with van der Waals surface area (Å²) in [6.07, 6.45) is 4.49. The smallest absolute Gasteiger partial charge is 0.246 e. The van der Waals surface area contributed by atoms with Crippen LogP contribution in [0.1, 0.15) is 43.9 Å². The van der Waals surface area contributed by atoms with Crippen LogP contribution in [-0.2, 0) is 24.3 Å². The van der Waals surface area contributed by atoms with Crippen molar-refractivity contribution in [3.05, 3.63) is 53.9 Å². The average Bonchev–Trinajstić information content (AvgIpc) is 3.23. The Bertz CT molecular complexity index is 962. The number of imidazole rings is 1. The predicted octanol–water partition coefficient (Wildman–Crippen LogP) is 3.13. The summed E-state index contributed by atoms with van der Waals surface area (Å²) in [4.78, 5) is 28.4. The molecule has 0 spiro atoms. The highest BCUT2D eigenvalue weighted by atomic mass is 16.2. The summed E-state index contributed by atoms with van der Waals surface area (Å²) in [6, 6.07) is 7.57. The lowest BCUT2D eigenvalue weighted by Crippen LogP contribution is -2.32. The monoisotopic (exact) mass is 349 g/mol. The normalized spacial score (nSPS) is 14.8. The van der Waals surface area contributed by atoms with E-state index in [1.165, 1.54) is 0 Å². The summed E-state index contributed by atoms with van der Waals surface area (Å²) < 4.78 is 1.94. The maximum absolute atomic E-state index is 13.0. The molecule has 0 N–H and O–H groups in total. The van der Waals surface area contributed by atoms with Crippen molar-refractivity contribution in [3.63, 3.8) is 0 Å². The molecule has 0 aliphatic carbocycles. The van der Waals surface area contributed by atoms with Gasteiger partial charge in [0.2, 0.25) is 5.91 Å². The van der Waals surface area contributed by atoms with E-state index in [-0.39, 0.29) is 11.9 Å². The molecular weight excluding hydrogens is 326 g/mol. The van der Waals surface area contributed by atoms with Gasteiger partial charge in [0.05, 0.1) is 29.6 Å². The highest BCUT2D eigenvalue weighted by Gasteiger charge is 2.29. The Morgan fingerprint density at radius 3 is 2.77 bits per heavy atom. The molecule has 26 heavy (non-hydrogen) atoms. The number of hydrogen-bond donors (Lipinski definition) is 0. The van der Waals surface area contributed by atoms with Crippen LogP contribution in [0.15, 0.2) is 36.8 Å². The van der Waals surface area contributed by atoms with E-state index >= 15 is 0 Å². The Labute approximate surface area is 152 Å². The van der Waals surface area contributed by atoms with E-state index in [1.807, 2.05) is 46.9 Å². The fraction of sp³-hybridized carbons (Fsp3) is 0.400. The molecule has 3 heterocycles. The predicted molar refractivity (Wildman–Crippen MR) is 99.3 cm³/mol. The van der Waals surface area contributed by atoms with E-state index in [0.29, 0.717) is 19.0 Å². The van der Waals surface area contributed by atoms with Crippen molar-refractivity contribution < 1.29 is 4.79 Å². The fourth-order valence-electron chi connectivity index (χ4n) is 3.48. The Balaban J connectivity index is 1.53. The van der Waals surface area contributed by atoms with Crippen molar-refractivity contribution in [2.45, 2.75) is 46.3 Å². The van der Waals surface area contributed by atoms with Gasteiger partial charge in [0.15, 0.2) is 0 Å². The third-order valence-corrected chi connectivity index (χ3v) is 4.86. The quantitative estimate of drug-likeness (QED) is 0.726. The van der Waals surface area contributed by atoms with Crippen molar-refractivity contribution in [2.75, 3.05) is 0 Å².